The maximum atomic E-state index is 3.75. The zero-order valence-electron chi connectivity index (χ0n) is 12.9. The van der Waals surface area contributed by atoms with Gasteiger partial charge >= 0.3 is 0 Å². The molecule has 0 saturated carbocycles. The van der Waals surface area contributed by atoms with E-state index in [9.17, 15) is 0 Å². The van der Waals surface area contributed by atoms with Crippen molar-refractivity contribution >= 4 is 11.8 Å². The van der Waals surface area contributed by atoms with Crippen molar-refractivity contribution in [2.75, 3.05) is 5.32 Å². The van der Waals surface area contributed by atoms with Gasteiger partial charge in [0.25, 0.3) is 0 Å². The monoisotopic (exact) mass is 267 g/mol. The molecule has 0 saturated heterocycles. The van der Waals surface area contributed by atoms with Crippen LogP contribution in [0.2, 0.25) is 0 Å². The van der Waals surface area contributed by atoms with Crippen LogP contribution in [0.15, 0.2) is 41.5 Å². The van der Waals surface area contributed by atoms with Gasteiger partial charge < -0.3 is 5.32 Å². The summed E-state index contributed by atoms with van der Waals surface area (Å²) in [4.78, 5) is 0. The van der Waals surface area contributed by atoms with E-state index in [1.807, 2.05) is 0 Å². The van der Waals surface area contributed by atoms with Crippen molar-refractivity contribution in [3.8, 4) is 0 Å². The normalized spacial score (nSPS) is 26.4. The molecule has 0 radical (unpaired) electrons. The minimum absolute atomic E-state index is 0.226. The van der Waals surface area contributed by atoms with E-state index in [1.54, 1.807) is 11.1 Å². The van der Waals surface area contributed by atoms with Crippen LogP contribution in [0.4, 0.5) is 5.69 Å². The Bertz CT molecular complexity index is 563. The smallest absolute Gasteiger partial charge is 0.0416 e. The molecule has 1 heteroatoms. The van der Waals surface area contributed by atoms with Crippen molar-refractivity contribution in [2.24, 2.45) is 5.41 Å². The summed E-state index contributed by atoms with van der Waals surface area (Å²) < 4.78 is 0. The van der Waals surface area contributed by atoms with Gasteiger partial charge in [-0.1, -0.05) is 55.3 Å². The lowest BCUT2D eigenvalue weighted by Gasteiger charge is -2.36. The Morgan fingerprint density at radius 2 is 1.95 bits per heavy atom. The van der Waals surface area contributed by atoms with Gasteiger partial charge in [0.05, 0.1) is 0 Å². The molecule has 1 unspecified atom stereocenters. The van der Waals surface area contributed by atoms with Gasteiger partial charge in [-0.15, -0.1) is 0 Å². The van der Waals surface area contributed by atoms with Crippen LogP contribution in [0.25, 0.3) is 6.08 Å². The first kappa shape index (κ1) is 13.5. The minimum atomic E-state index is 0.226. The molecule has 1 atom stereocenters. The molecule has 3 rings (SSSR count). The molecule has 0 spiro atoms. The van der Waals surface area contributed by atoms with Gasteiger partial charge in [0.2, 0.25) is 0 Å². The molecule has 1 N–H and O–H groups in total. The summed E-state index contributed by atoms with van der Waals surface area (Å²) in [6.07, 6.45) is 9.65. The van der Waals surface area contributed by atoms with E-state index in [2.05, 4.69) is 62.5 Å². The Kier molecular flexibility index (Phi) is 3.45. The van der Waals surface area contributed by atoms with E-state index >= 15 is 0 Å². The zero-order valence-corrected chi connectivity index (χ0v) is 12.9. The highest BCUT2D eigenvalue weighted by Gasteiger charge is 2.34. The maximum Gasteiger partial charge on any atom is 0.0416 e. The zero-order chi connectivity index (χ0) is 14.2. The van der Waals surface area contributed by atoms with Crippen LogP contribution >= 0.6 is 0 Å². The van der Waals surface area contributed by atoms with Crippen molar-refractivity contribution in [3.05, 3.63) is 47.1 Å². The van der Waals surface area contributed by atoms with Crippen LogP contribution < -0.4 is 5.32 Å². The SMILES string of the molecule is CC1Nc2ccccc2/C=C\CC2=C(CCC2)C1(C)C. The highest BCUT2D eigenvalue weighted by Crippen LogP contribution is 2.44. The number of anilines is 1. The van der Waals surface area contributed by atoms with Crippen molar-refractivity contribution in [1.29, 1.82) is 0 Å². The third kappa shape index (κ3) is 2.30. The van der Waals surface area contributed by atoms with E-state index in [4.69, 9.17) is 0 Å². The molecule has 20 heavy (non-hydrogen) atoms. The molecule has 1 aromatic carbocycles. The molecule has 1 aliphatic heterocycles. The molecule has 1 aliphatic carbocycles. The Morgan fingerprint density at radius 1 is 1.15 bits per heavy atom. The highest BCUT2D eigenvalue weighted by atomic mass is 14.9. The Morgan fingerprint density at radius 3 is 2.80 bits per heavy atom. The molecule has 0 fully saturated rings. The quantitative estimate of drug-likeness (QED) is 0.620. The van der Waals surface area contributed by atoms with Crippen LogP contribution in [0, 0.1) is 5.41 Å². The summed E-state index contributed by atoms with van der Waals surface area (Å²) in [6.45, 7) is 7.13. The first-order valence-corrected chi connectivity index (χ1v) is 7.82. The van der Waals surface area contributed by atoms with Crippen LogP contribution in [0.1, 0.15) is 52.0 Å². The molecule has 1 nitrogen and oxygen atoms in total. The van der Waals surface area contributed by atoms with Crippen LogP contribution in [0.3, 0.4) is 0 Å². The first-order valence-electron chi connectivity index (χ1n) is 7.82. The molecule has 0 bridgehead atoms. The lowest BCUT2D eigenvalue weighted by Crippen LogP contribution is -2.35. The van der Waals surface area contributed by atoms with Crippen molar-refractivity contribution in [1.82, 2.24) is 0 Å². The molecule has 1 aromatic rings. The number of hydrogen-bond donors (Lipinski definition) is 1. The fourth-order valence-corrected chi connectivity index (χ4v) is 3.59. The van der Waals surface area contributed by atoms with Crippen LogP contribution in [0.5, 0.6) is 0 Å². The Hall–Kier alpha value is -1.50. The number of fused-ring (bicyclic) bond motifs is 1. The van der Waals surface area contributed by atoms with E-state index < -0.39 is 0 Å². The molecule has 106 valence electrons. The van der Waals surface area contributed by atoms with Crippen molar-refractivity contribution in [3.63, 3.8) is 0 Å². The standard InChI is InChI=1S/C19H25N/c1-14-19(2,3)17-12-7-10-15(17)9-6-11-16-8-4-5-13-18(16)20-14/h4-6,8,11,13-14,20H,7,9-10,12H2,1-3H3/b11-6-. The number of allylic oxidation sites excluding steroid dienone is 2. The van der Waals surface area contributed by atoms with E-state index in [-0.39, 0.29) is 5.41 Å². The molecule has 0 amide bonds. The van der Waals surface area contributed by atoms with E-state index in [1.165, 1.54) is 30.5 Å². The van der Waals surface area contributed by atoms with Gasteiger partial charge in [0.15, 0.2) is 0 Å². The second kappa shape index (κ2) is 5.12. The molecular weight excluding hydrogens is 242 g/mol. The predicted molar refractivity (Wildman–Crippen MR) is 87.8 cm³/mol. The summed E-state index contributed by atoms with van der Waals surface area (Å²) in [5.41, 5.74) is 6.16. The summed E-state index contributed by atoms with van der Waals surface area (Å²) >= 11 is 0. The highest BCUT2D eigenvalue weighted by molar-refractivity contribution is 5.67. The number of para-hydroxylation sites is 1. The van der Waals surface area contributed by atoms with E-state index in [0.29, 0.717) is 6.04 Å². The van der Waals surface area contributed by atoms with Gasteiger partial charge in [0.1, 0.15) is 0 Å². The summed E-state index contributed by atoms with van der Waals surface area (Å²) in [5, 5.41) is 3.75. The van der Waals surface area contributed by atoms with Crippen LogP contribution in [-0.2, 0) is 0 Å². The van der Waals surface area contributed by atoms with Gasteiger partial charge in [0, 0.05) is 17.1 Å². The topological polar surface area (TPSA) is 12.0 Å². The lowest BCUT2D eigenvalue weighted by atomic mass is 9.75. The second-order valence-corrected chi connectivity index (χ2v) is 6.72. The second-order valence-electron chi connectivity index (χ2n) is 6.72. The fraction of sp³-hybridized carbons (Fsp3) is 0.474. The molecule has 2 aliphatic rings. The Labute approximate surface area is 122 Å². The van der Waals surface area contributed by atoms with Crippen molar-refractivity contribution in [2.45, 2.75) is 52.5 Å². The minimum Gasteiger partial charge on any atom is -0.381 e. The summed E-state index contributed by atoms with van der Waals surface area (Å²) in [6, 6.07) is 9.07. The summed E-state index contributed by atoms with van der Waals surface area (Å²) in [5.74, 6) is 0. The number of hydrogen-bond acceptors (Lipinski definition) is 1. The molecule has 1 heterocycles. The number of nitrogens with one attached hydrogen (secondary N) is 1. The third-order valence-electron chi connectivity index (χ3n) is 5.19. The average Bonchev–Trinajstić information content (AvgIpc) is 2.89. The van der Waals surface area contributed by atoms with Gasteiger partial charge in [-0.3, -0.25) is 0 Å². The third-order valence-corrected chi connectivity index (χ3v) is 5.19. The Balaban J connectivity index is 2.05. The largest absolute Gasteiger partial charge is 0.381 e. The fourth-order valence-electron chi connectivity index (χ4n) is 3.59. The van der Waals surface area contributed by atoms with Gasteiger partial charge in [-0.05, 0) is 44.2 Å². The first-order chi connectivity index (χ1) is 9.59. The lowest BCUT2D eigenvalue weighted by molar-refractivity contribution is 0.377. The summed E-state index contributed by atoms with van der Waals surface area (Å²) in [7, 11) is 0. The van der Waals surface area contributed by atoms with Gasteiger partial charge in [-0.2, -0.15) is 0 Å². The van der Waals surface area contributed by atoms with Gasteiger partial charge in [-0.25, -0.2) is 0 Å². The van der Waals surface area contributed by atoms with Crippen molar-refractivity contribution < 1.29 is 0 Å². The maximum absolute atomic E-state index is 3.75. The number of rotatable bonds is 0. The molecule has 0 aromatic heterocycles. The average molecular weight is 267 g/mol. The van der Waals surface area contributed by atoms with Crippen LogP contribution in [-0.4, -0.2) is 6.04 Å². The molecular formula is C19H25N. The predicted octanol–water partition coefficient (Wildman–Crippen LogP) is 5.41. The number of benzene rings is 1. The van der Waals surface area contributed by atoms with E-state index in [0.717, 1.165) is 6.42 Å².